The third-order valence-corrected chi connectivity index (χ3v) is 12.0. The lowest BCUT2D eigenvalue weighted by atomic mass is 9.67. The zero-order valence-corrected chi connectivity index (χ0v) is 25.2. The Bertz CT molecular complexity index is 1340. The van der Waals surface area contributed by atoms with Gasteiger partial charge in [0.1, 0.15) is 0 Å². The molecule has 0 aromatic heterocycles. The van der Waals surface area contributed by atoms with Crippen LogP contribution in [0.15, 0.2) is 48.5 Å². The maximum absolute atomic E-state index is 14.5. The second-order valence-electron chi connectivity index (χ2n) is 12.0. The number of hydrogen-bond acceptors (Lipinski definition) is 4. The quantitative estimate of drug-likeness (QED) is 0.323. The van der Waals surface area contributed by atoms with Gasteiger partial charge in [-0.3, -0.25) is 9.59 Å². The van der Waals surface area contributed by atoms with Crippen molar-refractivity contribution in [1.82, 2.24) is 4.90 Å². The molecule has 1 saturated heterocycles. The number of piperidine rings is 1. The number of aliphatic carboxylic acids is 1. The molecule has 212 valence electrons. The molecule has 1 aliphatic heterocycles. The Morgan fingerprint density at radius 1 is 1.10 bits per heavy atom. The van der Waals surface area contributed by atoms with E-state index >= 15 is 0 Å². The molecule has 9 heteroatoms. The number of carbonyl (C=O) groups is 2. The zero-order chi connectivity index (χ0) is 28.8. The second-order valence-corrected chi connectivity index (χ2v) is 15.5. The van der Waals surface area contributed by atoms with E-state index in [1.165, 1.54) is 0 Å². The number of halogens is 2. The summed E-state index contributed by atoms with van der Waals surface area (Å²) in [5.41, 5.74) is 0.481. The highest BCUT2D eigenvalue weighted by Gasteiger charge is 2.55. The highest BCUT2D eigenvalue weighted by atomic mass is 35.5. The van der Waals surface area contributed by atoms with Crippen molar-refractivity contribution < 1.29 is 23.1 Å². The Balaban J connectivity index is 1.93. The van der Waals surface area contributed by atoms with Gasteiger partial charge in [-0.15, -0.1) is 0 Å². The molecule has 0 unspecified atom stereocenters. The Morgan fingerprint density at radius 2 is 1.74 bits per heavy atom. The molecular formula is C30H37Cl2NO5S. The van der Waals surface area contributed by atoms with Crippen LogP contribution in [0.4, 0.5) is 0 Å². The van der Waals surface area contributed by atoms with Crippen LogP contribution in [-0.4, -0.2) is 46.8 Å². The van der Waals surface area contributed by atoms with Gasteiger partial charge in [-0.1, -0.05) is 61.3 Å². The van der Waals surface area contributed by atoms with Gasteiger partial charge < -0.3 is 10.0 Å². The molecular weight excluding hydrogens is 557 g/mol. The van der Waals surface area contributed by atoms with E-state index in [9.17, 15) is 23.1 Å². The second kappa shape index (κ2) is 11.1. The maximum atomic E-state index is 14.5. The van der Waals surface area contributed by atoms with E-state index in [2.05, 4.69) is 0 Å². The summed E-state index contributed by atoms with van der Waals surface area (Å²) in [5.74, 6) is -1.83. The van der Waals surface area contributed by atoms with Gasteiger partial charge in [0.2, 0.25) is 5.91 Å². The Kier molecular flexibility index (Phi) is 8.47. The van der Waals surface area contributed by atoms with E-state index in [1.807, 2.05) is 37.3 Å². The van der Waals surface area contributed by atoms with E-state index in [0.717, 1.165) is 24.0 Å². The van der Waals surface area contributed by atoms with Crippen LogP contribution >= 0.6 is 23.2 Å². The number of carbonyl (C=O) groups excluding carboxylic acids is 1. The number of likely N-dealkylation sites (tertiary alicyclic amines) is 1. The van der Waals surface area contributed by atoms with Crippen LogP contribution in [0.25, 0.3) is 0 Å². The van der Waals surface area contributed by atoms with Gasteiger partial charge in [-0.25, -0.2) is 8.42 Å². The molecule has 0 radical (unpaired) electrons. The molecule has 1 heterocycles. The monoisotopic (exact) mass is 593 g/mol. The SMILES string of the molecule is CCC(C)(C)S(=O)(=O)C[C@H](C1CC1)N1C(=O)[C@](C)(CC(=O)O)C[C@H](c2cccc(Cl)c2)[C@H]1c1ccc(Cl)cc1. The molecule has 1 aliphatic carbocycles. The van der Waals surface area contributed by atoms with E-state index in [-0.39, 0.29) is 36.3 Å². The largest absolute Gasteiger partial charge is 0.481 e. The molecule has 0 bridgehead atoms. The normalized spacial score (nSPS) is 25.0. The molecule has 4 rings (SSSR count). The lowest BCUT2D eigenvalue weighted by Gasteiger charge is -2.52. The molecule has 1 N–H and O–H groups in total. The van der Waals surface area contributed by atoms with Crippen LogP contribution < -0.4 is 0 Å². The van der Waals surface area contributed by atoms with Gasteiger partial charge in [0, 0.05) is 22.0 Å². The van der Waals surface area contributed by atoms with Crippen molar-refractivity contribution in [2.75, 3.05) is 5.75 Å². The summed E-state index contributed by atoms with van der Waals surface area (Å²) in [7, 11) is -3.60. The number of benzene rings is 2. The molecule has 39 heavy (non-hydrogen) atoms. The standard InChI is InChI=1S/C30H37Cl2NO5S/c1-5-29(2,3)39(37,38)18-25(19-9-10-19)33-27(20-11-13-22(31)14-12-20)24(21-7-6-8-23(32)15-21)16-30(4,28(33)36)17-26(34)35/h6-8,11-15,19,24-25,27H,5,9-10,16-18H2,1-4H3,(H,34,35)/t24-,25-,27-,30+/m1/s1. The van der Waals surface area contributed by atoms with Crippen molar-refractivity contribution >= 4 is 44.9 Å². The van der Waals surface area contributed by atoms with Crippen molar-refractivity contribution in [2.45, 2.75) is 82.5 Å². The van der Waals surface area contributed by atoms with Crippen molar-refractivity contribution in [1.29, 1.82) is 0 Å². The van der Waals surface area contributed by atoms with Crippen LogP contribution in [0.5, 0.6) is 0 Å². The lowest BCUT2D eigenvalue weighted by Crippen LogP contribution is -2.58. The molecule has 2 aromatic carbocycles. The Morgan fingerprint density at radius 3 is 2.28 bits per heavy atom. The van der Waals surface area contributed by atoms with Crippen molar-refractivity contribution in [3.63, 3.8) is 0 Å². The van der Waals surface area contributed by atoms with E-state index < -0.39 is 38.1 Å². The fourth-order valence-electron chi connectivity index (χ4n) is 5.84. The average Bonchev–Trinajstić information content (AvgIpc) is 3.70. The average molecular weight is 595 g/mol. The van der Waals surface area contributed by atoms with E-state index in [1.54, 1.807) is 43.9 Å². The highest BCUT2D eigenvalue weighted by Crippen LogP contribution is 2.54. The third-order valence-electron chi connectivity index (χ3n) is 8.74. The maximum Gasteiger partial charge on any atom is 0.304 e. The van der Waals surface area contributed by atoms with Crippen LogP contribution in [0, 0.1) is 11.3 Å². The summed E-state index contributed by atoms with van der Waals surface area (Å²) < 4.78 is 26.5. The minimum Gasteiger partial charge on any atom is -0.481 e. The summed E-state index contributed by atoms with van der Waals surface area (Å²) in [6.07, 6.45) is 2.02. The first-order valence-corrected chi connectivity index (χ1v) is 15.9. The van der Waals surface area contributed by atoms with Gasteiger partial charge in [0.15, 0.2) is 9.84 Å². The predicted molar refractivity (Wildman–Crippen MR) is 155 cm³/mol. The van der Waals surface area contributed by atoms with E-state index in [0.29, 0.717) is 16.5 Å². The first-order chi connectivity index (χ1) is 18.2. The number of sulfone groups is 1. The fourth-order valence-corrected chi connectivity index (χ4v) is 7.94. The van der Waals surface area contributed by atoms with Crippen LogP contribution in [0.2, 0.25) is 10.0 Å². The first kappa shape index (κ1) is 29.9. The molecule has 2 aliphatic rings. The highest BCUT2D eigenvalue weighted by molar-refractivity contribution is 7.92. The van der Waals surface area contributed by atoms with Crippen molar-refractivity contribution in [2.24, 2.45) is 11.3 Å². The number of rotatable bonds is 10. The molecule has 1 saturated carbocycles. The fraction of sp³-hybridized carbons (Fsp3) is 0.533. The summed E-state index contributed by atoms with van der Waals surface area (Å²) in [4.78, 5) is 28.2. The third kappa shape index (κ3) is 6.15. The summed E-state index contributed by atoms with van der Waals surface area (Å²) in [6, 6.07) is 13.6. The topological polar surface area (TPSA) is 91.8 Å². The van der Waals surface area contributed by atoms with Crippen LogP contribution in [0.1, 0.15) is 82.9 Å². The van der Waals surface area contributed by atoms with Crippen LogP contribution in [0.3, 0.4) is 0 Å². The Hall–Kier alpha value is -2.09. The zero-order valence-electron chi connectivity index (χ0n) is 22.9. The van der Waals surface area contributed by atoms with Gasteiger partial charge >= 0.3 is 5.97 Å². The van der Waals surface area contributed by atoms with Gasteiger partial charge in [0.25, 0.3) is 0 Å². The number of carboxylic acid groups (broad SMARTS) is 1. The molecule has 2 aromatic rings. The molecule has 2 fully saturated rings. The van der Waals surface area contributed by atoms with Crippen LogP contribution in [-0.2, 0) is 19.4 Å². The summed E-state index contributed by atoms with van der Waals surface area (Å²) >= 11 is 12.6. The lowest BCUT2D eigenvalue weighted by molar-refractivity contribution is -0.160. The minimum absolute atomic E-state index is 0.0263. The van der Waals surface area contributed by atoms with Gasteiger partial charge in [-0.2, -0.15) is 0 Å². The summed E-state index contributed by atoms with van der Waals surface area (Å²) in [5, 5.41) is 10.9. The van der Waals surface area contributed by atoms with Crippen molar-refractivity contribution in [3.8, 4) is 0 Å². The van der Waals surface area contributed by atoms with Crippen molar-refractivity contribution in [3.05, 3.63) is 69.7 Å². The number of nitrogens with zero attached hydrogens (tertiary/aromatic N) is 1. The van der Waals surface area contributed by atoms with Gasteiger partial charge in [0.05, 0.1) is 28.4 Å². The molecule has 4 atom stereocenters. The molecule has 0 spiro atoms. The van der Waals surface area contributed by atoms with E-state index in [4.69, 9.17) is 23.2 Å². The van der Waals surface area contributed by atoms with Gasteiger partial charge in [-0.05, 0) is 80.8 Å². The predicted octanol–water partition coefficient (Wildman–Crippen LogP) is 6.91. The number of carboxylic acids is 1. The first-order valence-electron chi connectivity index (χ1n) is 13.5. The molecule has 6 nitrogen and oxygen atoms in total. The number of hydrogen-bond donors (Lipinski definition) is 1. The minimum atomic E-state index is -3.60. The smallest absolute Gasteiger partial charge is 0.304 e. The molecule has 1 amide bonds. The Labute approximate surface area is 241 Å². The summed E-state index contributed by atoms with van der Waals surface area (Å²) in [6.45, 7) is 7.00. The number of amides is 1.